The summed E-state index contributed by atoms with van der Waals surface area (Å²) >= 11 is 1.80. The monoisotopic (exact) mass is 483 g/mol. The summed E-state index contributed by atoms with van der Waals surface area (Å²) in [5.41, 5.74) is 2.52. The van der Waals surface area contributed by atoms with Gasteiger partial charge in [-0.25, -0.2) is 0 Å². The third-order valence-electron chi connectivity index (χ3n) is 5.75. The number of nitrogens with one attached hydrogen (secondary N) is 3. The number of pyridine rings is 1. The molecule has 2 aromatic rings. The molecule has 2 aliphatic heterocycles. The van der Waals surface area contributed by atoms with Crippen LogP contribution < -0.4 is 20.9 Å². The first-order valence-electron chi connectivity index (χ1n) is 11.4. The molecule has 1 aromatic carbocycles. The lowest BCUT2D eigenvalue weighted by atomic mass is 10.0. The fourth-order valence-corrected chi connectivity index (χ4v) is 5.00. The fraction of sp³-hybridized carbons (Fsp3) is 0.417. The van der Waals surface area contributed by atoms with Gasteiger partial charge in [-0.05, 0) is 36.8 Å². The predicted molar refractivity (Wildman–Crippen MR) is 131 cm³/mol. The molecule has 9 nitrogen and oxygen atoms in total. The molecule has 4 rings (SSSR count). The second-order valence-corrected chi connectivity index (χ2v) is 9.37. The van der Waals surface area contributed by atoms with Gasteiger partial charge in [0.25, 0.3) is 0 Å². The minimum atomic E-state index is -0.576. The van der Waals surface area contributed by atoms with Crippen molar-refractivity contribution < 1.29 is 19.1 Å². The van der Waals surface area contributed by atoms with Gasteiger partial charge in [0, 0.05) is 49.0 Å². The van der Waals surface area contributed by atoms with E-state index in [1.807, 2.05) is 24.3 Å². The summed E-state index contributed by atoms with van der Waals surface area (Å²) in [5.74, 6) is -0.240. The zero-order valence-electron chi connectivity index (χ0n) is 19.0. The molecule has 2 amide bonds. The smallest absolute Gasteiger partial charge is 0.308 e. The van der Waals surface area contributed by atoms with Gasteiger partial charge in [0.1, 0.15) is 5.50 Å². The van der Waals surface area contributed by atoms with Gasteiger partial charge in [-0.3, -0.25) is 24.7 Å². The number of nitrogens with zero attached hydrogens (tertiary/aromatic N) is 2. The predicted octanol–water partition coefficient (Wildman–Crippen LogP) is 2.28. The van der Waals surface area contributed by atoms with Gasteiger partial charge >= 0.3 is 5.97 Å². The summed E-state index contributed by atoms with van der Waals surface area (Å²) in [7, 11) is 0. The molecule has 0 aliphatic carbocycles. The van der Waals surface area contributed by atoms with Gasteiger partial charge in [0.05, 0.1) is 25.0 Å². The van der Waals surface area contributed by atoms with Gasteiger partial charge in [-0.1, -0.05) is 12.1 Å². The highest BCUT2D eigenvalue weighted by Crippen LogP contribution is 2.29. The average Bonchev–Trinajstić information content (AvgIpc) is 3.49. The van der Waals surface area contributed by atoms with Crippen LogP contribution in [0.25, 0.3) is 0 Å². The lowest BCUT2D eigenvalue weighted by molar-refractivity contribution is -0.144. The maximum absolute atomic E-state index is 13.1. The Kier molecular flexibility index (Phi) is 8.02. The number of rotatable bonds is 9. The standard InChI is InChI=1S/C24H29N5O4S/c1-2-33-22(31)13-20(16-5-4-8-25-14-16)28-23(32)17-11-21(30)29(15-17)19-7-3-6-18(12-19)27-24-26-9-10-34-24/h3-8,12,14,17,20,24,26-27H,2,9-11,13,15H2,1H3,(H,28,32). The van der Waals surface area contributed by atoms with E-state index >= 15 is 0 Å². The number of anilines is 2. The van der Waals surface area contributed by atoms with Crippen molar-refractivity contribution in [3.8, 4) is 0 Å². The molecule has 3 atom stereocenters. The number of aromatic nitrogens is 1. The number of esters is 1. The Labute approximate surface area is 203 Å². The highest BCUT2D eigenvalue weighted by molar-refractivity contribution is 8.00. The van der Waals surface area contributed by atoms with Crippen molar-refractivity contribution >= 4 is 40.9 Å². The maximum atomic E-state index is 13.1. The van der Waals surface area contributed by atoms with E-state index in [1.54, 1.807) is 48.1 Å². The van der Waals surface area contributed by atoms with Crippen LogP contribution in [0.2, 0.25) is 0 Å². The van der Waals surface area contributed by atoms with Crippen molar-refractivity contribution in [1.82, 2.24) is 15.6 Å². The van der Waals surface area contributed by atoms with E-state index in [4.69, 9.17) is 4.74 Å². The third-order valence-corrected chi connectivity index (χ3v) is 6.80. The van der Waals surface area contributed by atoms with Crippen LogP contribution >= 0.6 is 11.8 Å². The maximum Gasteiger partial charge on any atom is 0.308 e. The van der Waals surface area contributed by atoms with E-state index in [-0.39, 0.29) is 43.3 Å². The highest BCUT2D eigenvalue weighted by Gasteiger charge is 2.36. The van der Waals surface area contributed by atoms with Crippen LogP contribution in [0.15, 0.2) is 48.8 Å². The summed E-state index contributed by atoms with van der Waals surface area (Å²) < 4.78 is 5.07. The number of benzene rings is 1. The molecular formula is C24H29N5O4S. The average molecular weight is 484 g/mol. The van der Waals surface area contributed by atoms with Crippen molar-refractivity contribution in [2.45, 2.75) is 31.3 Å². The highest BCUT2D eigenvalue weighted by atomic mass is 32.2. The molecule has 0 spiro atoms. The molecule has 0 bridgehead atoms. The van der Waals surface area contributed by atoms with Gasteiger partial charge in [-0.2, -0.15) is 0 Å². The number of hydrogen-bond donors (Lipinski definition) is 3. The number of ether oxygens (including phenoxy) is 1. The van der Waals surface area contributed by atoms with E-state index in [9.17, 15) is 14.4 Å². The van der Waals surface area contributed by atoms with Crippen LogP contribution in [0, 0.1) is 5.92 Å². The van der Waals surface area contributed by atoms with E-state index in [0.29, 0.717) is 5.56 Å². The quantitative estimate of drug-likeness (QED) is 0.466. The number of hydrogen-bond acceptors (Lipinski definition) is 8. The Bertz CT molecular complexity index is 1020. The zero-order valence-corrected chi connectivity index (χ0v) is 19.8. The largest absolute Gasteiger partial charge is 0.466 e. The minimum Gasteiger partial charge on any atom is -0.466 e. The summed E-state index contributed by atoms with van der Waals surface area (Å²) in [4.78, 5) is 43.7. The zero-order chi connectivity index (χ0) is 23.9. The Hall–Kier alpha value is -3.11. The van der Waals surface area contributed by atoms with Crippen molar-refractivity contribution in [3.05, 3.63) is 54.4 Å². The summed E-state index contributed by atoms with van der Waals surface area (Å²) in [6.07, 6.45) is 3.36. The molecule has 0 saturated carbocycles. The summed E-state index contributed by atoms with van der Waals surface area (Å²) in [6, 6.07) is 10.6. The summed E-state index contributed by atoms with van der Waals surface area (Å²) in [5, 5.41) is 9.70. The van der Waals surface area contributed by atoms with Gasteiger partial charge in [-0.15, -0.1) is 11.8 Å². The molecule has 1 aromatic heterocycles. The van der Waals surface area contributed by atoms with Crippen molar-refractivity contribution in [2.24, 2.45) is 5.92 Å². The van der Waals surface area contributed by atoms with Gasteiger partial charge in [0.15, 0.2) is 0 Å². The molecule has 2 aliphatic rings. The fourth-order valence-electron chi connectivity index (χ4n) is 4.08. The molecule has 2 fully saturated rings. The Balaban J connectivity index is 1.42. The van der Waals surface area contributed by atoms with Crippen LogP contribution in [-0.4, -0.2) is 53.7 Å². The minimum absolute atomic E-state index is 0.00339. The van der Waals surface area contributed by atoms with Crippen LogP contribution in [0.3, 0.4) is 0 Å². The first-order chi connectivity index (χ1) is 16.5. The van der Waals surface area contributed by atoms with E-state index in [0.717, 1.165) is 23.7 Å². The first kappa shape index (κ1) is 24.0. The topological polar surface area (TPSA) is 113 Å². The Morgan fingerprint density at radius 3 is 2.94 bits per heavy atom. The third kappa shape index (κ3) is 6.06. The molecule has 34 heavy (non-hydrogen) atoms. The SMILES string of the molecule is CCOC(=O)CC(NC(=O)C1CC(=O)N(c2cccc(NC3NCCS3)c2)C1)c1cccnc1. The van der Waals surface area contributed by atoms with Gasteiger partial charge < -0.3 is 20.3 Å². The van der Waals surface area contributed by atoms with E-state index < -0.39 is 17.9 Å². The molecule has 3 N–H and O–H groups in total. The molecule has 10 heteroatoms. The van der Waals surface area contributed by atoms with Crippen LogP contribution in [0.4, 0.5) is 11.4 Å². The van der Waals surface area contributed by atoms with Crippen molar-refractivity contribution in [1.29, 1.82) is 0 Å². The molecule has 0 radical (unpaired) electrons. The van der Waals surface area contributed by atoms with Crippen LogP contribution in [-0.2, 0) is 19.1 Å². The Morgan fingerprint density at radius 1 is 1.32 bits per heavy atom. The van der Waals surface area contributed by atoms with Crippen LogP contribution in [0.5, 0.6) is 0 Å². The van der Waals surface area contributed by atoms with Gasteiger partial charge in [0.2, 0.25) is 11.8 Å². The second-order valence-electron chi connectivity index (χ2n) is 8.16. The van der Waals surface area contributed by atoms with E-state index in [1.165, 1.54) is 0 Å². The number of carbonyl (C=O) groups is 3. The molecule has 2 saturated heterocycles. The molecule has 180 valence electrons. The normalized spacial score (nSPS) is 20.7. The molecular weight excluding hydrogens is 454 g/mol. The number of carbonyl (C=O) groups excluding carboxylic acids is 3. The lowest BCUT2D eigenvalue weighted by Gasteiger charge is -2.21. The number of thioether (sulfide) groups is 1. The second kappa shape index (κ2) is 11.3. The number of amides is 2. The molecule has 3 heterocycles. The first-order valence-corrected chi connectivity index (χ1v) is 12.5. The summed E-state index contributed by atoms with van der Waals surface area (Å²) in [6.45, 7) is 3.24. The van der Waals surface area contributed by atoms with Crippen molar-refractivity contribution in [2.75, 3.05) is 35.7 Å². The van der Waals surface area contributed by atoms with Crippen molar-refractivity contribution in [3.63, 3.8) is 0 Å². The Morgan fingerprint density at radius 2 is 2.21 bits per heavy atom. The molecule has 3 unspecified atom stereocenters. The van der Waals surface area contributed by atoms with Crippen LogP contribution in [0.1, 0.15) is 31.4 Å². The lowest BCUT2D eigenvalue weighted by Crippen LogP contribution is -2.36. The van der Waals surface area contributed by atoms with E-state index in [2.05, 4.69) is 20.9 Å².